The molecule has 0 radical (unpaired) electrons. The number of rotatable bonds is 6. The molecule has 7 heteroatoms. The molecule has 0 bridgehead atoms. The van der Waals surface area contributed by atoms with E-state index in [4.69, 9.17) is 9.47 Å². The van der Waals surface area contributed by atoms with Crippen LogP contribution in [0.1, 0.15) is 31.0 Å². The number of aromatic nitrogens is 2. The Kier molecular flexibility index (Phi) is 4.79. The Hall–Kier alpha value is -2.54. The van der Waals surface area contributed by atoms with Crippen molar-refractivity contribution in [2.24, 2.45) is 11.3 Å². The van der Waals surface area contributed by atoms with Crippen molar-refractivity contribution in [2.45, 2.75) is 32.9 Å². The van der Waals surface area contributed by atoms with E-state index in [0.29, 0.717) is 31.3 Å². The number of likely N-dealkylation sites (tertiary alicyclic amines) is 1. The van der Waals surface area contributed by atoms with Crippen molar-refractivity contribution in [3.05, 3.63) is 42.0 Å². The van der Waals surface area contributed by atoms with Gasteiger partial charge in [0.2, 0.25) is 0 Å². The lowest BCUT2D eigenvalue weighted by atomic mass is 9.73. The molecule has 1 aromatic carbocycles. The van der Waals surface area contributed by atoms with Crippen LogP contribution in [-0.2, 0) is 17.9 Å². The van der Waals surface area contributed by atoms with Gasteiger partial charge in [-0.25, -0.2) is 4.98 Å². The lowest BCUT2D eigenvalue weighted by molar-refractivity contribution is -0.151. The van der Waals surface area contributed by atoms with Gasteiger partial charge in [0.25, 0.3) is 0 Å². The minimum atomic E-state index is -0.926. The molecule has 2 aliphatic rings. The average molecular weight is 385 g/mol. The Balaban J connectivity index is 1.61. The zero-order chi connectivity index (χ0) is 19.9. The van der Waals surface area contributed by atoms with Crippen molar-refractivity contribution in [3.63, 3.8) is 0 Å². The van der Waals surface area contributed by atoms with Gasteiger partial charge in [-0.1, -0.05) is 19.9 Å². The van der Waals surface area contributed by atoms with Gasteiger partial charge in [-0.05, 0) is 12.0 Å². The highest BCUT2D eigenvalue weighted by molar-refractivity contribution is 5.78. The van der Waals surface area contributed by atoms with Gasteiger partial charge >= 0.3 is 5.97 Å². The summed E-state index contributed by atoms with van der Waals surface area (Å²) in [5, 5.41) is 10.1. The van der Waals surface area contributed by atoms with Gasteiger partial charge < -0.3 is 19.1 Å². The number of nitrogens with zero attached hydrogens (tertiary/aromatic N) is 3. The number of methoxy groups -OCH3 is 1. The third kappa shape index (κ3) is 3.13. The van der Waals surface area contributed by atoms with Crippen molar-refractivity contribution in [1.29, 1.82) is 0 Å². The van der Waals surface area contributed by atoms with Crippen LogP contribution in [-0.4, -0.2) is 52.3 Å². The molecule has 2 aliphatic heterocycles. The molecule has 150 valence electrons. The van der Waals surface area contributed by atoms with Gasteiger partial charge in [0, 0.05) is 49.9 Å². The lowest BCUT2D eigenvalue weighted by Gasteiger charge is -2.36. The molecule has 0 spiro atoms. The summed E-state index contributed by atoms with van der Waals surface area (Å²) in [6, 6.07) is 5.67. The zero-order valence-corrected chi connectivity index (χ0v) is 16.6. The van der Waals surface area contributed by atoms with Crippen molar-refractivity contribution >= 4 is 5.97 Å². The van der Waals surface area contributed by atoms with Gasteiger partial charge in [-0.3, -0.25) is 9.69 Å². The molecule has 1 saturated heterocycles. The van der Waals surface area contributed by atoms with E-state index >= 15 is 0 Å². The first kappa shape index (κ1) is 18.8. The lowest BCUT2D eigenvalue weighted by Crippen LogP contribution is -2.45. The Morgan fingerprint density at radius 2 is 2.29 bits per heavy atom. The number of benzene rings is 1. The number of fused-ring (bicyclic) bond motifs is 3. The number of carbonyl (C=O) groups is 1. The van der Waals surface area contributed by atoms with Gasteiger partial charge in [-0.2, -0.15) is 0 Å². The number of imidazole rings is 1. The maximum Gasteiger partial charge on any atom is 0.315 e. The Morgan fingerprint density at radius 3 is 3.00 bits per heavy atom. The number of carboxylic acids is 1. The zero-order valence-electron chi connectivity index (χ0n) is 16.6. The molecule has 4 rings (SSSR count). The summed E-state index contributed by atoms with van der Waals surface area (Å²) in [7, 11) is 1.61. The number of ether oxygens (including phenoxy) is 2. The summed E-state index contributed by atoms with van der Waals surface area (Å²) in [5.41, 5.74) is 1.14. The Labute approximate surface area is 164 Å². The van der Waals surface area contributed by atoms with Crippen LogP contribution in [0.15, 0.2) is 30.7 Å². The number of hydrogen-bond acceptors (Lipinski definition) is 5. The topological polar surface area (TPSA) is 76.8 Å². The second-order valence-corrected chi connectivity index (χ2v) is 8.31. The molecule has 0 unspecified atom stereocenters. The molecule has 0 amide bonds. The maximum atomic E-state index is 12.3. The molecule has 0 saturated carbocycles. The molecule has 28 heavy (non-hydrogen) atoms. The largest absolute Gasteiger partial charge is 0.497 e. The van der Waals surface area contributed by atoms with Gasteiger partial charge in [-0.15, -0.1) is 0 Å². The van der Waals surface area contributed by atoms with Gasteiger partial charge in [0.05, 0.1) is 19.1 Å². The highest BCUT2D eigenvalue weighted by atomic mass is 16.5. The number of aliphatic carboxylic acids is 1. The predicted molar refractivity (Wildman–Crippen MR) is 104 cm³/mol. The fourth-order valence-corrected chi connectivity index (χ4v) is 4.48. The first-order valence-corrected chi connectivity index (χ1v) is 9.68. The molecule has 7 nitrogen and oxygen atoms in total. The van der Waals surface area contributed by atoms with Gasteiger partial charge in [0.1, 0.15) is 23.5 Å². The second kappa shape index (κ2) is 7.13. The standard InChI is InChI=1S/C21H27N3O4/c1-14(2)8-24-13-22-7-15(24)9-23-10-18-17-5-4-16(27-3)6-19(17)28-12-21(18,11-23)20(25)26/h4-7,13-14,18H,8-12H2,1-3H3,(H,25,26)/t18-,21-/m1/s1. The molecule has 2 atom stereocenters. The van der Waals surface area contributed by atoms with Crippen molar-refractivity contribution in [1.82, 2.24) is 14.5 Å². The first-order valence-electron chi connectivity index (χ1n) is 9.68. The quantitative estimate of drug-likeness (QED) is 0.824. The van der Waals surface area contributed by atoms with E-state index in [1.54, 1.807) is 7.11 Å². The predicted octanol–water partition coefficient (Wildman–Crippen LogP) is 2.61. The summed E-state index contributed by atoms with van der Waals surface area (Å²) in [6.07, 6.45) is 3.74. The van der Waals surface area contributed by atoms with Crippen LogP contribution < -0.4 is 9.47 Å². The minimum absolute atomic E-state index is 0.110. The molecule has 1 fully saturated rings. The van der Waals surface area contributed by atoms with Crippen LogP contribution in [0.2, 0.25) is 0 Å². The van der Waals surface area contributed by atoms with E-state index in [0.717, 1.165) is 23.6 Å². The molecular weight excluding hydrogens is 358 g/mol. The van der Waals surface area contributed by atoms with Crippen molar-refractivity contribution in [2.75, 3.05) is 26.8 Å². The molecule has 3 heterocycles. The summed E-state index contributed by atoms with van der Waals surface area (Å²) < 4.78 is 13.3. The molecular formula is C21H27N3O4. The fraction of sp³-hybridized carbons (Fsp3) is 0.524. The van der Waals surface area contributed by atoms with Gasteiger partial charge in [0.15, 0.2) is 0 Å². The van der Waals surface area contributed by atoms with E-state index < -0.39 is 11.4 Å². The van der Waals surface area contributed by atoms with E-state index in [9.17, 15) is 9.90 Å². The van der Waals surface area contributed by atoms with Crippen LogP contribution in [0.3, 0.4) is 0 Å². The van der Waals surface area contributed by atoms with E-state index in [-0.39, 0.29) is 12.5 Å². The SMILES string of the molecule is COc1ccc2c(c1)OC[C@]1(C(=O)O)CN(Cc3cncn3CC(C)C)C[C@H]21. The van der Waals surface area contributed by atoms with Crippen LogP contribution in [0, 0.1) is 11.3 Å². The number of hydrogen-bond donors (Lipinski definition) is 1. The normalized spacial score (nSPS) is 23.9. The fourth-order valence-electron chi connectivity index (χ4n) is 4.48. The number of carboxylic acid groups (broad SMARTS) is 1. The smallest absolute Gasteiger partial charge is 0.315 e. The third-order valence-electron chi connectivity index (χ3n) is 5.87. The molecule has 0 aliphatic carbocycles. The third-order valence-corrected chi connectivity index (χ3v) is 5.87. The summed E-state index contributed by atoms with van der Waals surface area (Å²) >= 11 is 0. The van der Waals surface area contributed by atoms with Crippen molar-refractivity contribution in [3.8, 4) is 11.5 Å². The second-order valence-electron chi connectivity index (χ2n) is 8.31. The molecule has 1 N–H and O–H groups in total. The summed E-state index contributed by atoms with van der Waals surface area (Å²) in [6.45, 7) is 7.26. The summed E-state index contributed by atoms with van der Waals surface area (Å²) in [5.74, 6) is 1.06. The minimum Gasteiger partial charge on any atom is -0.497 e. The highest BCUT2D eigenvalue weighted by Gasteiger charge is 2.56. The highest BCUT2D eigenvalue weighted by Crippen LogP contribution is 2.50. The van der Waals surface area contributed by atoms with Crippen LogP contribution in [0.4, 0.5) is 0 Å². The monoisotopic (exact) mass is 385 g/mol. The average Bonchev–Trinajstić information content (AvgIpc) is 3.25. The Morgan fingerprint density at radius 1 is 1.46 bits per heavy atom. The maximum absolute atomic E-state index is 12.3. The Bertz CT molecular complexity index is 878. The van der Waals surface area contributed by atoms with Crippen LogP contribution >= 0.6 is 0 Å². The molecule has 2 aromatic rings. The van der Waals surface area contributed by atoms with E-state index in [1.165, 1.54) is 0 Å². The van der Waals surface area contributed by atoms with E-state index in [2.05, 4.69) is 28.3 Å². The van der Waals surface area contributed by atoms with Crippen molar-refractivity contribution < 1.29 is 19.4 Å². The van der Waals surface area contributed by atoms with Crippen LogP contribution in [0.25, 0.3) is 0 Å². The summed E-state index contributed by atoms with van der Waals surface area (Å²) in [4.78, 5) is 18.8. The van der Waals surface area contributed by atoms with Crippen LogP contribution in [0.5, 0.6) is 11.5 Å². The molecule has 1 aromatic heterocycles. The van der Waals surface area contributed by atoms with E-state index in [1.807, 2.05) is 30.7 Å². The first-order chi connectivity index (χ1) is 13.4.